The normalized spacial score (nSPS) is 17.2. The van der Waals surface area contributed by atoms with Gasteiger partial charge in [0, 0.05) is 31.2 Å². The molecule has 2 aromatic carbocycles. The molecule has 3 aromatic rings. The zero-order valence-electron chi connectivity index (χ0n) is 21.4. The highest BCUT2D eigenvalue weighted by Gasteiger charge is 2.22. The van der Waals surface area contributed by atoms with E-state index in [0.29, 0.717) is 17.1 Å². The molecular formula is C30H33BrN4O3. The van der Waals surface area contributed by atoms with Crippen molar-refractivity contribution in [3.05, 3.63) is 76.0 Å². The van der Waals surface area contributed by atoms with Gasteiger partial charge in [0.2, 0.25) is 5.91 Å². The number of nitriles is 1. The van der Waals surface area contributed by atoms with Crippen LogP contribution in [0.4, 0.5) is 0 Å². The van der Waals surface area contributed by atoms with Crippen molar-refractivity contribution >= 4 is 21.8 Å². The number of likely N-dealkylation sites (tertiary alicyclic amines) is 1. The fraction of sp³-hybridized carbons (Fsp3) is 0.400. The van der Waals surface area contributed by atoms with Gasteiger partial charge in [-0.3, -0.25) is 9.69 Å². The molecule has 3 heterocycles. The Labute approximate surface area is 232 Å². The van der Waals surface area contributed by atoms with E-state index in [1.165, 1.54) is 5.56 Å². The van der Waals surface area contributed by atoms with E-state index in [-0.39, 0.29) is 24.5 Å². The Morgan fingerprint density at radius 3 is 2.66 bits per heavy atom. The topological polar surface area (TPSA) is 90.5 Å². The lowest BCUT2D eigenvalue weighted by atomic mass is 10.0. The number of ether oxygens (including phenoxy) is 1. The Balaban J connectivity index is 1.07. The molecule has 0 spiro atoms. The van der Waals surface area contributed by atoms with Crippen LogP contribution in [-0.4, -0.2) is 49.1 Å². The average molecular weight is 578 g/mol. The summed E-state index contributed by atoms with van der Waals surface area (Å²) in [5, 5.41) is 15.9. The molecule has 2 N–H and O–H groups in total. The molecule has 2 fully saturated rings. The van der Waals surface area contributed by atoms with Crippen LogP contribution >= 0.6 is 15.9 Å². The number of benzene rings is 2. The van der Waals surface area contributed by atoms with Gasteiger partial charge in [-0.25, -0.2) is 0 Å². The third kappa shape index (κ3) is 6.84. The maximum Gasteiger partial charge on any atom is 0.227 e. The first kappa shape index (κ1) is 26.5. The van der Waals surface area contributed by atoms with E-state index in [4.69, 9.17) is 9.15 Å². The van der Waals surface area contributed by atoms with Crippen molar-refractivity contribution in [3.63, 3.8) is 0 Å². The molecule has 0 saturated carbocycles. The summed E-state index contributed by atoms with van der Waals surface area (Å²) in [5.41, 5.74) is 2.55. The van der Waals surface area contributed by atoms with Crippen molar-refractivity contribution in [2.75, 3.05) is 26.2 Å². The fourth-order valence-electron chi connectivity index (χ4n) is 5.17. The Morgan fingerprint density at radius 2 is 1.89 bits per heavy atom. The number of hydrogen-bond donors (Lipinski definition) is 2. The fourth-order valence-corrected chi connectivity index (χ4v) is 5.69. The monoisotopic (exact) mass is 576 g/mol. The lowest BCUT2D eigenvalue weighted by molar-refractivity contribution is -0.121. The van der Waals surface area contributed by atoms with Crippen LogP contribution in [0.3, 0.4) is 0 Å². The van der Waals surface area contributed by atoms with Crippen molar-refractivity contribution in [1.29, 1.82) is 5.26 Å². The number of nitrogens with zero attached hydrogens (tertiary/aromatic N) is 2. The van der Waals surface area contributed by atoms with Gasteiger partial charge in [0.1, 0.15) is 23.4 Å². The van der Waals surface area contributed by atoms with Crippen molar-refractivity contribution < 1.29 is 13.9 Å². The number of carbonyl (C=O) groups excluding carboxylic acids is 1. The zero-order chi connectivity index (χ0) is 26.3. The van der Waals surface area contributed by atoms with Crippen LogP contribution in [0.25, 0.3) is 11.3 Å². The first-order valence-electron chi connectivity index (χ1n) is 13.3. The standard InChI is InChI=1S/C30H33BrN4O3/c31-27-17-21(5-7-29(27)37-24-9-13-33-14-10-24)20-35-15-11-23(12-16-35)34-30(36)18-25-6-8-28(38-25)26-4-2-1-3-22(26)19-32/h1-8,17,23-24,33H,9-16,18,20H2,(H,34,36). The van der Waals surface area contributed by atoms with Gasteiger partial charge in [-0.15, -0.1) is 0 Å². The number of hydrogen-bond acceptors (Lipinski definition) is 6. The molecule has 2 aliphatic heterocycles. The van der Waals surface area contributed by atoms with Crippen LogP contribution < -0.4 is 15.4 Å². The maximum absolute atomic E-state index is 12.7. The van der Waals surface area contributed by atoms with E-state index >= 15 is 0 Å². The van der Waals surface area contributed by atoms with Crippen molar-refractivity contribution in [2.24, 2.45) is 0 Å². The summed E-state index contributed by atoms with van der Waals surface area (Å²) in [6, 6.07) is 19.7. The molecule has 0 unspecified atom stereocenters. The van der Waals surface area contributed by atoms with Gasteiger partial charge in [-0.2, -0.15) is 5.26 Å². The van der Waals surface area contributed by atoms with Gasteiger partial charge in [0.25, 0.3) is 0 Å². The van der Waals surface area contributed by atoms with Crippen LogP contribution in [0, 0.1) is 11.3 Å². The number of furan rings is 1. The minimum Gasteiger partial charge on any atom is -0.489 e. The summed E-state index contributed by atoms with van der Waals surface area (Å²) in [6.45, 7) is 4.78. The van der Waals surface area contributed by atoms with Gasteiger partial charge in [-0.1, -0.05) is 18.2 Å². The Bertz CT molecular complexity index is 1290. The smallest absolute Gasteiger partial charge is 0.227 e. The molecule has 8 heteroatoms. The maximum atomic E-state index is 12.7. The van der Waals surface area contributed by atoms with Crippen LogP contribution in [0.15, 0.2) is 63.5 Å². The molecule has 198 valence electrons. The zero-order valence-corrected chi connectivity index (χ0v) is 23.0. The minimum atomic E-state index is -0.0359. The predicted molar refractivity (Wildman–Crippen MR) is 150 cm³/mol. The first-order chi connectivity index (χ1) is 18.6. The highest BCUT2D eigenvalue weighted by atomic mass is 79.9. The van der Waals surface area contributed by atoms with E-state index in [1.807, 2.05) is 30.3 Å². The van der Waals surface area contributed by atoms with Crippen LogP contribution in [0.5, 0.6) is 5.75 Å². The van der Waals surface area contributed by atoms with E-state index in [1.54, 1.807) is 6.07 Å². The summed E-state index contributed by atoms with van der Waals surface area (Å²) in [6.07, 6.45) is 4.39. The van der Waals surface area contributed by atoms with Gasteiger partial charge in [0.05, 0.1) is 22.5 Å². The second-order valence-corrected chi connectivity index (χ2v) is 10.9. The number of piperidine rings is 2. The summed E-state index contributed by atoms with van der Waals surface area (Å²) in [7, 11) is 0. The number of rotatable bonds is 8. The Morgan fingerprint density at radius 1 is 1.11 bits per heavy atom. The molecular weight excluding hydrogens is 544 g/mol. The first-order valence-corrected chi connectivity index (χ1v) is 14.1. The van der Waals surface area contributed by atoms with Crippen LogP contribution in [0.2, 0.25) is 0 Å². The number of carbonyl (C=O) groups is 1. The molecule has 0 bridgehead atoms. The lowest BCUT2D eigenvalue weighted by Gasteiger charge is -2.32. The SMILES string of the molecule is N#Cc1ccccc1-c1ccc(CC(=O)NC2CCN(Cc3ccc(OC4CCNCC4)c(Br)c3)CC2)o1. The molecule has 7 nitrogen and oxygen atoms in total. The van der Waals surface area contributed by atoms with Crippen molar-refractivity contribution in [1.82, 2.24) is 15.5 Å². The predicted octanol–water partition coefficient (Wildman–Crippen LogP) is 5.03. The van der Waals surface area contributed by atoms with E-state index < -0.39 is 0 Å². The second-order valence-electron chi connectivity index (χ2n) is 10.1. The molecule has 2 saturated heterocycles. The number of nitrogens with one attached hydrogen (secondary N) is 2. The highest BCUT2D eigenvalue weighted by Crippen LogP contribution is 2.29. The Kier molecular flexibility index (Phi) is 8.79. The molecule has 0 aliphatic carbocycles. The van der Waals surface area contributed by atoms with Crippen LogP contribution in [-0.2, 0) is 17.8 Å². The summed E-state index contributed by atoms with van der Waals surface area (Å²) < 4.78 is 13.1. The quantitative estimate of drug-likeness (QED) is 0.390. The van der Waals surface area contributed by atoms with Gasteiger partial charge < -0.3 is 19.8 Å². The molecule has 1 amide bonds. The third-order valence-corrected chi connectivity index (χ3v) is 7.86. The summed E-state index contributed by atoms with van der Waals surface area (Å²) in [5.74, 6) is 2.09. The number of halogens is 1. The Hall–Kier alpha value is -3.12. The molecule has 0 atom stereocenters. The molecule has 2 aliphatic rings. The van der Waals surface area contributed by atoms with Gasteiger partial charge >= 0.3 is 0 Å². The highest BCUT2D eigenvalue weighted by molar-refractivity contribution is 9.10. The lowest BCUT2D eigenvalue weighted by Crippen LogP contribution is -2.44. The van der Waals surface area contributed by atoms with E-state index in [9.17, 15) is 10.1 Å². The summed E-state index contributed by atoms with van der Waals surface area (Å²) in [4.78, 5) is 15.1. The van der Waals surface area contributed by atoms with Crippen molar-refractivity contribution in [3.8, 4) is 23.1 Å². The number of amides is 1. The van der Waals surface area contributed by atoms with Gasteiger partial charge in [0.15, 0.2) is 0 Å². The van der Waals surface area contributed by atoms with E-state index in [0.717, 1.165) is 74.2 Å². The molecule has 38 heavy (non-hydrogen) atoms. The van der Waals surface area contributed by atoms with Crippen molar-refractivity contribution in [2.45, 2.75) is 50.8 Å². The third-order valence-electron chi connectivity index (χ3n) is 7.24. The van der Waals surface area contributed by atoms with Gasteiger partial charge in [-0.05, 0) is 96.7 Å². The summed E-state index contributed by atoms with van der Waals surface area (Å²) >= 11 is 3.70. The van der Waals surface area contributed by atoms with E-state index in [2.05, 4.69) is 55.7 Å². The largest absolute Gasteiger partial charge is 0.489 e. The molecule has 5 rings (SSSR count). The minimum absolute atomic E-state index is 0.0359. The average Bonchev–Trinajstić information content (AvgIpc) is 3.40. The molecule has 0 radical (unpaired) electrons. The second kappa shape index (κ2) is 12.6. The molecule has 1 aromatic heterocycles. The van der Waals surface area contributed by atoms with Crippen LogP contribution in [0.1, 0.15) is 42.6 Å².